The molecular formula is C22H36N4O2. The number of aliphatic imine (C=N–C) groups is 1. The molecule has 1 aliphatic rings. The van der Waals surface area contributed by atoms with Crippen molar-refractivity contribution < 1.29 is 9.53 Å². The van der Waals surface area contributed by atoms with Gasteiger partial charge >= 0.3 is 5.97 Å². The van der Waals surface area contributed by atoms with Gasteiger partial charge in [-0.05, 0) is 44.7 Å². The lowest BCUT2D eigenvalue weighted by Gasteiger charge is -2.33. The molecule has 0 saturated carbocycles. The standard InChI is InChI=1S/C22H36N4O2/c1-5-23-22(26-14-12-18(13-15-26)21(27)28-6-2)24-16-20(17(3)4)25-19-10-8-7-9-11-19/h7-11,17-18,20,25H,5-6,12-16H2,1-4H3,(H,23,24). The Balaban J connectivity index is 1.97. The first-order valence-corrected chi connectivity index (χ1v) is 10.6. The van der Waals surface area contributed by atoms with Crippen LogP contribution in [0.2, 0.25) is 0 Å². The maximum atomic E-state index is 12.0. The van der Waals surface area contributed by atoms with E-state index in [2.05, 4.69) is 48.4 Å². The summed E-state index contributed by atoms with van der Waals surface area (Å²) in [5.74, 6) is 1.35. The van der Waals surface area contributed by atoms with Crippen molar-refractivity contribution in [1.82, 2.24) is 10.2 Å². The molecule has 1 heterocycles. The molecule has 6 nitrogen and oxygen atoms in total. The average Bonchev–Trinajstić information content (AvgIpc) is 2.71. The Morgan fingerprint density at radius 2 is 1.89 bits per heavy atom. The number of rotatable bonds is 8. The fourth-order valence-electron chi connectivity index (χ4n) is 3.37. The number of nitrogens with one attached hydrogen (secondary N) is 2. The largest absolute Gasteiger partial charge is 0.466 e. The zero-order chi connectivity index (χ0) is 20.4. The lowest BCUT2D eigenvalue weighted by atomic mass is 9.97. The molecule has 1 fully saturated rings. The molecule has 156 valence electrons. The highest BCUT2D eigenvalue weighted by molar-refractivity contribution is 5.80. The van der Waals surface area contributed by atoms with Gasteiger partial charge < -0.3 is 20.3 Å². The van der Waals surface area contributed by atoms with Crippen LogP contribution in [0.4, 0.5) is 5.69 Å². The van der Waals surface area contributed by atoms with E-state index in [1.807, 2.05) is 25.1 Å². The quantitative estimate of drug-likeness (QED) is 0.406. The van der Waals surface area contributed by atoms with Crippen molar-refractivity contribution >= 4 is 17.6 Å². The highest BCUT2D eigenvalue weighted by Crippen LogP contribution is 2.19. The van der Waals surface area contributed by atoms with E-state index in [9.17, 15) is 4.79 Å². The summed E-state index contributed by atoms with van der Waals surface area (Å²) in [6.45, 7) is 12.0. The third kappa shape index (κ3) is 6.73. The third-order valence-corrected chi connectivity index (χ3v) is 5.12. The maximum Gasteiger partial charge on any atom is 0.309 e. The summed E-state index contributed by atoms with van der Waals surface area (Å²) in [6, 6.07) is 10.5. The highest BCUT2D eigenvalue weighted by Gasteiger charge is 2.27. The SMILES string of the molecule is CCNC(=NCC(Nc1ccccc1)C(C)C)N1CCC(C(=O)OCC)CC1. The van der Waals surface area contributed by atoms with E-state index < -0.39 is 0 Å². The van der Waals surface area contributed by atoms with Gasteiger partial charge in [0.1, 0.15) is 0 Å². The minimum Gasteiger partial charge on any atom is -0.466 e. The number of benzene rings is 1. The second-order valence-electron chi connectivity index (χ2n) is 7.57. The van der Waals surface area contributed by atoms with E-state index in [-0.39, 0.29) is 17.9 Å². The van der Waals surface area contributed by atoms with Crippen LogP contribution in [0.1, 0.15) is 40.5 Å². The van der Waals surface area contributed by atoms with E-state index in [1.165, 1.54) is 0 Å². The van der Waals surface area contributed by atoms with Crippen molar-refractivity contribution in [1.29, 1.82) is 0 Å². The van der Waals surface area contributed by atoms with Gasteiger partial charge in [0.25, 0.3) is 0 Å². The predicted octanol–water partition coefficient (Wildman–Crippen LogP) is 3.36. The number of guanidine groups is 1. The maximum absolute atomic E-state index is 12.0. The Morgan fingerprint density at radius 1 is 1.21 bits per heavy atom. The number of nitrogens with zero attached hydrogens (tertiary/aromatic N) is 2. The highest BCUT2D eigenvalue weighted by atomic mass is 16.5. The molecule has 1 aliphatic heterocycles. The van der Waals surface area contributed by atoms with Gasteiger partial charge in [0.2, 0.25) is 0 Å². The second kappa shape index (κ2) is 11.6. The van der Waals surface area contributed by atoms with Crippen LogP contribution < -0.4 is 10.6 Å². The number of hydrogen-bond acceptors (Lipinski definition) is 4. The van der Waals surface area contributed by atoms with Crippen molar-refractivity contribution in [3.05, 3.63) is 30.3 Å². The number of piperidine rings is 1. The number of esters is 1. The Bertz CT molecular complexity index is 610. The Hall–Kier alpha value is -2.24. The molecule has 0 radical (unpaired) electrons. The Kier molecular flexibility index (Phi) is 9.11. The summed E-state index contributed by atoms with van der Waals surface area (Å²) in [4.78, 5) is 19.1. The third-order valence-electron chi connectivity index (χ3n) is 5.12. The van der Waals surface area contributed by atoms with Gasteiger partial charge in [-0.2, -0.15) is 0 Å². The first kappa shape index (κ1) is 22.1. The topological polar surface area (TPSA) is 66.0 Å². The Labute approximate surface area is 169 Å². The molecular weight excluding hydrogens is 352 g/mol. The second-order valence-corrected chi connectivity index (χ2v) is 7.57. The summed E-state index contributed by atoms with van der Waals surface area (Å²) in [5, 5.41) is 7.01. The van der Waals surface area contributed by atoms with Crippen LogP contribution in [0.25, 0.3) is 0 Å². The molecule has 28 heavy (non-hydrogen) atoms. The lowest BCUT2D eigenvalue weighted by molar-refractivity contribution is -0.149. The van der Waals surface area contributed by atoms with Crippen LogP contribution in [0, 0.1) is 11.8 Å². The number of para-hydroxylation sites is 1. The average molecular weight is 389 g/mol. The Morgan fingerprint density at radius 3 is 2.46 bits per heavy atom. The summed E-state index contributed by atoms with van der Waals surface area (Å²) in [6.07, 6.45) is 1.64. The van der Waals surface area contributed by atoms with Crippen LogP contribution in [-0.4, -0.2) is 55.7 Å². The number of likely N-dealkylation sites (tertiary alicyclic amines) is 1. The molecule has 1 atom stereocenters. The summed E-state index contributed by atoms with van der Waals surface area (Å²) in [5.41, 5.74) is 1.12. The van der Waals surface area contributed by atoms with Gasteiger partial charge in [0.05, 0.1) is 19.1 Å². The van der Waals surface area contributed by atoms with E-state index in [0.29, 0.717) is 19.1 Å². The molecule has 1 unspecified atom stereocenters. The van der Waals surface area contributed by atoms with Crippen LogP contribution in [0.15, 0.2) is 35.3 Å². The predicted molar refractivity (Wildman–Crippen MR) is 116 cm³/mol. The van der Waals surface area contributed by atoms with Crippen LogP contribution >= 0.6 is 0 Å². The van der Waals surface area contributed by atoms with Crippen LogP contribution in [0.5, 0.6) is 0 Å². The summed E-state index contributed by atoms with van der Waals surface area (Å²) >= 11 is 0. The molecule has 1 aromatic carbocycles. The summed E-state index contributed by atoms with van der Waals surface area (Å²) < 4.78 is 5.17. The molecule has 0 aliphatic carbocycles. The van der Waals surface area contributed by atoms with Crippen molar-refractivity contribution in [2.24, 2.45) is 16.8 Å². The van der Waals surface area contributed by atoms with Gasteiger partial charge in [-0.15, -0.1) is 0 Å². The fourth-order valence-corrected chi connectivity index (χ4v) is 3.37. The van der Waals surface area contributed by atoms with Crippen LogP contribution in [0.3, 0.4) is 0 Å². The van der Waals surface area contributed by atoms with E-state index in [0.717, 1.165) is 44.1 Å². The minimum absolute atomic E-state index is 0.0160. The van der Waals surface area contributed by atoms with Crippen molar-refractivity contribution in [3.63, 3.8) is 0 Å². The molecule has 0 bridgehead atoms. The normalized spacial score (nSPS) is 16.8. The number of hydrogen-bond donors (Lipinski definition) is 2. The van der Waals surface area contributed by atoms with Gasteiger partial charge in [-0.25, -0.2) is 0 Å². The lowest BCUT2D eigenvalue weighted by Crippen LogP contribution is -2.47. The van der Waals surface area contributed by atoms with Gasteiger partial charge in [-0.3, -0.25) is 9.79 Å². The zero-order valence-corrected chi connectivity index (χ0v) is 17.8. The number of carbonyl (C=O) groups excluding carboxylic acids is 1. The molecule has 0 amide bonds. The summed E-state index contributed by atoms with van der Waals surface area (Å²) in [7, 11) is 0. The molecule has 1 saturated heterocycles. The number of ether oxygens (including phenoxy) is 1. The molecule has 2 N–H and O–H groups in total. The van der Waals surface area contributed by atoms with Gasteiger partial charge in [-0.1, -0.05) is 32.0 Å². The monoisotopic (exact) mass is 388 g/mol. The molecule has 0 aromatic heterocycles. The van der Waals surface area contributed by atoms with E-state index in [4.69, 9.17) is 9.73 Å². The first-order valence-electron chi connectivity index (χ1n) is 10.6. The number of carbonyl (C=O) groups is 1. The van der Waals surface area contributed by atoms with Crippen molar-refractivity contribution in [2.45, 2.75) is 46.6 Å². The van der Waals surface area contributed by atoms with Crippen molar-refractivity contribution in [2.75, 3.05) is 38.1 Å². The first-order chi connectivity index (χ1) is 13.5. The van der Waals surface area contributed by atoms with Gasteiger partial charge in [0.15, 0.2) is 5.96 Å². The number of anilines is 1. The van der Waals surface area contributed by atoms with E-state index >= 15 is 0 Å². The minimum atomic E-state index is -0.0592. The van der Waals surface area contributed by atoms with Gasteiger partial charge in [0, 0.05) is 31.4 Å². The zero-order valence-electron chi connectivity index (χ0n) is 17.8. The molecule has 2 rings (SSSR count). The smallest absolute Gasteiger partial charge is 0.309 e. The molecule has 1 aromatic rings. The van der Waals surface area contributed by atoms with Crippen molar-refractivity contribution in [3.8, 4) is 0 Å². The molecule has 0 spiro atoms. The molecule has 6 heteroatoms. The van der Waals surface area contributed by atoms with E-state index in [1.54, 1.807) is 0 Å². The fraction of sp³-hybridized carbons (Fsp3) is 0.636. The van der Waals surface area contributed by atoms with Crippen LogP contribution in [-0.2, 0) is 9.53 Å².